The molecule has 36 heavy (non-hydrogen) atoms. The minimum absolute atomic E-state index is 0.0339. The number of halogens is 1. The van der Waals surface area contributed by atoms with E-state index in [9.17, 15) is 17.6 Å². The lowest BCUT2D eigenvalue weighted by molar-refractivity contribution is 0.100. The molecule has 0 radical (unpaired) electrons. The number of nitrogens with two attached hydrogens (primary N) is 1. The maximum atomic E-state index is 15.0. The van der Waals surface area contributed by atoms with Gasteiger partial charge in [0.25, 0.3) is 0 Å². The standard InChI is InChI=1S/C28H29FN2O4S/c1-4-36(33,34)23-11-8-19(9-12-23)14-22-16-21-15-20(28(30)32)10-13-26(21)31(22)17-24-25(29)6-5-7-27(24)35-18(2)3/h5-13,15-16,18H,4,14,17H2,1-3H3,(H2,30,32). The molecule has 1 aromatic heterocycles. The van der Waals surface area contributed by atoms with Crippen LogP contribution < -0.4 is 10.5 Å². The van der Waals surface area contributed by atoms with Crippen molar-refractivity contribution in [3.05, 3.63) is 94.9 Å². The zero-order valence-corrected chi connectivity index (χ0v) is 21.3. The van der Waals surface area contributed by atoms with E-state index in [1.54, 1.807) is 61.5 Å². The van der Waals surface area contributed by atoms with Gasteiger partial charge in [-0.2, -0.15) is 0 Å². The third-order valence-corrected chi connectivity index (χ3v) is 7.82. The molecule has 0 bridgehead atoms. The molecule has 4 aromatic rings. The van der Waals surface area contributed by atoms with Crippen LogP contribution in [0.25, 0.3) is 10.9 Å². The molecule has 0 fully saturated rings. The summed E-state index contributed by atoms with van der Waals surface area (Å²) in [5.41, 5.74) is 8.88. The molecule has 0 unspecified atom stereocenters. The monoisotopic (exact) mass is 508 g/mol. The van der Waals surface area contributed by atoms with E-state index in [0.717, 1.165) is 22.2 Å². The molecule has 0 aliphatic heterocycles. The highest BCUT2D eigenvalue weighted by Gasteiger charge is 2.18. The predicted molar refractivity (Wildman–Crippen MR) is 139 cm³/mol. The molecular weight excluding hydrogens is 479 g/mol. The molecule has 0 aliphatic carbocycles. The van der Waals surface area contributed by atoms with Crippen molar-refractivity contribution in [2.45, 2.75) is 44.7 Å². The summed E-state index contributed by atoms with van der Waals surface area (Å²) in [6, 6.07) is 18.7. The normalized spacial score (nSPS) is 11.8. The first-order valence-electron chi connectivity index (χ1n) is 11.8. The average Bonchev–Trinajstić information content (AvgIpc) is 3.17. The van der Waals surface area contributed by atoms with E-state index in [1.807, 2.05) is 24.5 Å². The highest BCUT2D eigenvalue weighted by atomic mass is 32.2. The molecule has 1 heterocycles. The van der Waals surface area contributed by atoms with E-state index < -0.39 is 15.7 Å². The molecule has 0 saturated carbocycles. The van der Waals surface area contributed by atoms with Crippen molar-refractivity contribution >= 4 is 26.6 Å². The summed E-state index contributed by atoms with van der Waals surface area (Å²) in [5, 5.41) is 0.800. The Morgan fingerprint density at radius 3 is 2.42 bits per heavy atom. The molecule has 0 atom stereocenters. The van der Waals surface area contributed by atoms with Crippen LogP contribution in [0.3, 0.4) is 0 Å². The molecule has 0 saturated heterocycles. The first-order valence-corrected chi connectivity index (χ1v) is 13.4. The van der Waals surface area contributed by atoms with Crippen LogP contribution in [0.15, 0.2) is 71.6 Å². The number of benzene rings is 3. The van der Waals surface area contributed by atoms with E-state index in [1.165, 1.54) is 6.07 Å². The fraction of sp³-hybridized carbons (Fsp3) is 0.250. The van der Waals surface area contributed by atoms with Crippen molar-refractivity contribution in [1.29, 1.82) is 0 Å². The number of primary amides is 1. The lowest BCUT2D eigenvalue weighted by Gasteiger charge is -2.17. The third-order valence-electron chi connectivity index (χ3n) is 6.07. The first-order chi connectivity index (χ1) is 17.1. The molecule has 3 aromatic carbocycles. The lowest BCUT2D eigenvalue weighted by atomic mass is 10.1. The van der Waals surface area contributed by atoms with Gasteiger partial charge in [0.1, 0.15) is 11.6 Å². The zero-order valence-electron chi connectivity index (χ0n) is 20.5. The summed E-state index contributed by atoms with van der Waals surface area (Å²) >= 11 is 0. The van der Waals surface area contributed by atoms with Gasteiger partial charge in [0, 0.05) is 34.1 Å². The highest BCUT2D eigenvalue weighted by molar-refractivity contribution is 7.91. The maximum absolute atomic E-state index is 15.0. The Hall–Kier alpha value is -3.65. The largest absolute Gasteiger partial charge is 0.491 e. The Kier molecular flexibility index (Phi) is 7.17. The number of hydrogen-bond acceptors (Lipinski definition) is 4. The molecule has 4 rings (SSSR count). The van der Waals surface area contributed by atoms with Crippen LogP contribution in [0.2, 0.25) is 0 Å². The maximum Gasteiger partial charge on any atom is 0.248 e. The highest BCUT2D eigenvalue weighted by Crippen LogP contribution is 2.29. The van der Waals surface area contributed by atoms with Crippen LogP contribution in [-0.4, -0.2) is 30.7 Å². The Morgan fingerprint density at radius 2 is 1.78 bits per heavy atom. The fourth-order valence-electron chi connectivity index (χ4n) is 4.22. The van der Waals surface area contributed by atoms with Crippen molar-refractivity contribution in [2.24, 2.45) is 5.73 Å². The average molecular weight is 509 g/mol. The van der Waals surface area contributed by atoms with Gasteiger partial charge in [-0.1, -0.05) is 25.1 Å². The summed E-state index contributed by atoms with van der Waals surface area (Å²) in [4.78, 5) is 12.0. The molecule has 1 amide bonds. The summed E-state index contributed by atoms with van der Waals surface area (Å²) < 4.78 is 47.2. The number of nitrogens with zero attached hydrogens (tertiary/aromatic N) is 1. The second-order valence-electron chi connectivity index (χ2n) is 8.97. The van der Waals surface area contributed by atoms with Crippen molar-refractivity contribution in [3.8, 4) is 5.75 Å². The minimum Gasteiger partial charge on any atom is -0.491 e. The number of sulfone groups is 1. The number of fused-ring (bicyclic) bond motifs is 1. The molecule has 6 nitrogen and oxygen atoms in total. The Balaban J connectivity index is 1.80. The van der Waals surface area contributed by atoms with Gasteiger partial charge in [-0.05, 0) is 67.9 Å². The van der Waals surface area contributed by atoms with Gasteiger partial charge < -0.3 is 15.0 Å². The van der Waals surface area contributed by atoms with Crippen molar-refractivity contribution in [1.82, 2.24) is 4.57 Å². The van der Waals surface area contributed by atoms with Gasteiger partial charge >= 0.3 is 0 Å². The summed E-state index contributed by atoms with van der Waals surface area (Å²) in [6.07, 6.45) is 0.351. The van der Waals surface area contributed by atoms with Gasteiger partial charge in [-0.3, -0.25) is 4.79 Å². The van der Waals surface area contributed by atoms with Crippen LogP contribution in [0.4, 0.5) is 4.39 Å². The van der Waals surface area contributed by atoms with Crippen LogP contribution in [0.5, 0.6) is 5.75 Å². The lowest BCUT2D eigenvalue weighted by Crippen LogP contribution is -2.12. The number of ether oxygens (including phenoxy) is 1. The second kappa shape index (κ2) is 10.1. The quantitative estimate of drug-likeness (QED) is 0.341. The van der Waals surface area contributed by atoms with Crippen molar-refractivity contribution in [3.63, 3.8) is 0 Å². The van der Waals surface area contributed by atoms with E-state index in [2.05, 4.69) is 0 Å². The summed E-state index contributed by atoms with van der Waals surface area (Å²) in [7, 11) is -3.29. The van der Waals surface area contributed by atoms with Crippen LogP contribution >= 0.6 is 0 Å². The zero-order chi connectivity index (χ0) is 26.0. The summed E-state index contributed by atoms with van der Waals surface area (Å²) in [5.74, 6) is -0.392. The number of carbonyl (C=O) groups is 1. The Morgan fingerprint density at radius 1 is 1.06 bits per heavy atom. The SMILES string of the molecule is CCS(=O)(=O)c1ccc(Cc2cc3cc(C(N)=O)ccc3n2Cc2c(F)cccc2OC(C)C)cc1. The van der Waals surface area contributed by atoms with Gasteiger partial charge in [0.15, 0.2) is 9.84 Å². The Labute approximate surface area is 210 Å². The minimum atomic E-state index is -3.29. The van der Waals surface area contributed by atoms with E-state index >= 15 is 0 Å². The molecular formula is C28H29FN2O4S. The number of aromatic nitrogens is 1. The summed E-state index contributed by atoms with van der Waals surface area (Å²) in [6.45, 7) is 5.60. The number of carbonyl (C=O) groups excluding carboxylic acids is 1. The van der Waals surface area contributed by atoms with E-state index in [4.69, 9.17) is 10.5 Å². The van der Waals surface area contributed by atoms with Crippen molar-refractivity contribution < 1.29 is 22.3 Å². The van der Waals surface area contributed by atoms with E-state index in [0.29, 0.717) is 23.3 Å². The van der Waals surface area contributed by atoms with Crippen LogP contribution in [0.1, 0.15) is 48.0 Å². The fourth-order valence-corrected chi connectivity index (χ4v) is 5.10. The molecule has 8 heteroatoms. The van der Waals surface area contributed by atoms with Gasteiger partial charge in [0.2, 0.25) is 5.91 Å². The number of rotatable bonds is 9. The number of hydrogen-bond donors (Lipinski definition) is 1. The molecule has 188 valence electrons. The van der Waals surface area contributed by atoms with Gasteiger partial charge in [0.05, 0.1) is 23.3 Å². The topological polar surface area (TPSA) is 91.4 Å². The third kappa shape index (κ3) is 5.28. The Bertz CT molecular complexity index is 1520. The van der Waals surface area contributed by atoms with Gasteiger partial charge in [-0.15, -0.1) is 0 Å². The van der Waals surface area contributed by atoms with Crippen molar-refractivity contribution in [2.75, 3.05) is 5.75 Å². The van der Waals surface area contributed by atoms with Gasteiger partial charge in [-0.25, -0.2) is 12.8 Å². The van der Waals surface area contributed by atoms with Crippen LogP contribution in [0, 0.1) is 5.82 Å². The molecule has 2 N–H and O–H groups in total. The smallest absolute Gasteiger partial charge is 0.248 e. The first kappa shape index (κ1) is 25.4. The molecule has 0 aliphatic rings. The number of amides is 1. The van der Waals surface area contributed by atoms with E-state index in [-0.39, 0.29) is 29.1 Å². The predicted octanol–water partition coefficient (Wildman–Crippen LogP) is 5.10. The molecule has 0 spiro atoms. The second-order valence-corrected chi connectivity index (χ2v) is 11.2. The van der Waals surface area contributed by atoms with Crippen LogP contribution in [-0.2, 0) is 22.8 Å².